The molecule has 150 valence electrons. The van der Waals surface area contributed by atoms with Gasteiger partial charge in [-0.2, -0.15) is 0 Å². The SMILES string of the molecule is Cc1ccc(C)c(Cn2c3c(=O)[nH]c(=O)n(C)c3n3c(-c4ccccc4)nnc23)c1. The molecular formula is C22H20N6O2. The minimum absolute atomic E-state index is 0.389. The van der Waals surface area contributed by atoms with Crippen molar-refractivity contribution in [2.45, 2.75) is 20.4 Å². The van der Waals surface area contributed by atoms with E-state index >= 15 is 0 Å². The van der Waals surface area contributed by atoms with E-state index in [4.69, 9.17) is 0 Å². The Bertz CT molecular complexity index is 1540. The molecule has 3 aromatic heterocycles. The third-order valence-corrected chi connectivity index (χ3v) is 5.50. The molecule has 2 aromatic carbocycles. The highest BCUT2D eigenvalue weighted by Gasteiger charge is 2.23. The molecule has 1 N–H and O–H groups in total. The van der Waals surface area contributed by atoms with Crippen molar-refractivity contribution in [1.82, 2.24) is 28.7 Å². The normalized spacial score (nSPS) is 11.6. The van der Waals surface area contributed by atoms with E-state index in [-0.39, 0.29) is 0 Å². The van der Waals surface area contributed by atoms with Gasteiger partial charge in [-0.05, 0) is 25.0 Å². The lowest BCUT2D eigenvalue weighted by atomic mass is 10.1. The first-order chi connectivity index (χ1) is 14.5. The number of hydrogen-bond acceptors (Lipinski definition) is 4. The quantitative estimate of drug-likeness (QED) is 0.504. The number of aromatic nitrogens is 6. The maximum absolute atomic E-state index is 12.9. The second-order valence-corrected chi connectivity index (χ2v) is 7.53. The predicted molar refractivity (Wildman–Crippen MR) is 115 cm³/mol. The molecule has 0 spiro atoms. The molecule has 0 unspecified atom stereocenters. The van der Waals surface area contributed by atoms with E-state index < -0.39 is 11.2 Å². The zero-order chi connectivity index (χ0) is 21.0. The third kappa shape index (κ3) is 2.61. The van der Waals surface area contributed by atoms with Crippen molar-refractivity contribution in [2.75, 3.05) is 0 Å². The van der Waals surface area contributed by atoms with Gasteiger partial charge in [0, 0.05) is 12.6 Å². The maximum Gasteiger partial charge on any atom is 0.329 e. The van der Waals surface area contributed by atoms with Crippen LogP contribution < -0.4 is 11.2 Å². The first kappa shape index (κ1) is 18.1. The predicted octanol–water partition coefficient (Wildman–Crippen LogP) is 2.40. The van der Waals surface area contributed by atoms with Crippen LogP contribution in [0.25, 0.3) is 28.3 Å². The van der Waals surface area contributed by atoms with Crippen molar-refractivity contribution in [3.8, 4) is 11.4 Å². The van der Waals surface area contributed by atoms with Crippen LogP contribution in [0.4, 0.5) is 0 Å². The highest BCUT2D eigenvalue weighted by Crippen LogP contribution is 2.25. The zero-order valence-electron chi connectivity index (χ0n) is 16.9. The monoisotopic (exact) mass is 400 g/mol. The standard InChI is InChI=1S/C22H20N6O2/c1-13-9-10-14(2)16(11-13)12-27-17-19(29)23-22(30)26(3)20(17)28-18(24-25-21(27)28)15-7-5-4-6-8-15/h4-11H,12H2,1-3H3,(H,23,29,30). The number of aryl methyl sites for hydroxylation is 3. The van der Waals surface area contributed by atoms with E-state index in [9.17, 15) is 9.59 Å². The van der Waals surface area contributed by atoms with E-state index in [0.717, 1.165) is 22.3 Å². The van der Waals surface area contributed by atoms with Crippen molar-refractivity contribution in [3.05, 3.63) is 86.1 Å². The lowest BCUT2D eigenvalue weighted by molar-refractivity contribution is 0.806. The Morgan fingerprint density at radius 2 is 1.77 bits per heavy atom. The lowest BCUT2D eigenvalue weighted by Crippen LogP contribution is -2.29. The molecule has 0 amide bonds. The molecule has 0 aliphatic heterocycles. The minimum atomic E-state index is -0.481. The zero-order valence-corrected chi connectivity index (χ0v) is 16.9. The van der Waals surface area contributed by atoms with Gasteiger partial charge in [-0.3, -0.25) is 18.9 Å². The number of fused-ring (bicyclic) bond motifs is 3. The van der Waals surface area contributed by atoms with Crippen LogP contribution in [-0.4, -0.2) is 28.7 Å². The second-order valence-electron chi connectivity index (χ2n) is 7.53. The van der Waals surface area contributed by atoms with Crippen LogP contribution in [-0.2, 0) is 13.6 Å². The number of hydrogen-bond donors (Lipinski definition) is 1. The summed E-state index contributed by atoms with van der Waals surface area (Å²) in [6.45, 7) is 4.51. The fourth-order valence-corrected chi connectivity index (χ4v) is 3.91. The van der Waals surface area contributed by atoms with Crippen molar-refractivity contribution in [1.29, 1.82) is 0 Å². The van der Waals surface area contributed by atoms with E-state index in [0.29, 0.717) is 29.3 Å². The highest BCUT2D eigenvalue weighted by atomic mass is 16.2. The van der Waals surface area contributed by atoms with E-state index in [1.807, 2.05) is 48.7 Å². The average molecular weight is 400 g/mol. The molecule has 0 saturated carbocycles. The number of H-pyrrole nitrogens is 1. The molecule has 8 heteroatoms. The second kappa shape index (κ2) is 6.55. The summed E-state index contributed by atoms with van der Waals surface area (Å²) in [7, 11) is 1.64. The van der Waals surface area contributed by atoms with Gasteiger partial charge in [-0.15, -0.1) is 10.2 Å². The maximum atomic E-state index is 12.9. The fraction of sp³-hybridized carbons (Fsp3) is 0.182. The van der Waals surface area contributed by atoms with Gasteiger partial charge in [0.1, 0.15) is 0 Å². The highest BCUT2D eigenvalue weighted by molar-refractivity contribution is 5.79. The molecule has 0 aliphatic carbocycles. The van der Waals surface area contributed by atoms with Gasteiger partial charge in [-0.1, -0.05) is 54.1 Å². The minimum Gasteiger partial charge on any atom is -0.298 e. The van der Waals surface area contributed by atoms with Crippen molar-refractivity contribution >= 4 is 16.9 Å². The van der Waals surface area contributed by atoms with Crippen LogP contribution in [0.2, 0.25) is 0 Å². The Morgan fingerprint density at radius 1 is 1.00 bits per heavy atom. The van der Waals surface area contributed by atoms with Gasteiger partial charge in [0.25, 0.3) is 5.56 Å². The number of rotatable bonds is 3. The summed E-state index contributed by atoms with van der Waals surface area (Å²) in [5.74, 6) is 1.09. The molecule has 5 aromatic rings. The molecule has 0 saturated heterocycles. The van der Waals surface area contributed by atoms with Crippen LogP contribution in [0.5, 0.6) is 0 Å². The first-order valence-corrected chi connectivity index (χ1v) is 9.64. The molecule has 0 atom stereocenters. The Balaban J connectivity index is 1.90. The Morgan fingerprint density at radius 3 is 2.53 bits per heavy atom. The van der Waals surface area contributed by atoms with Gasteiger partial charge in [0.2, 0.25) is 5.78 Å². The summed E-state index contributed by atoms with van der Waals surface area (Å²) < 4.78 is 5.04. The first-order valence-electron chi connectivity index (χ1n) is 9.64. The average Bonchev–Trinajstić information content (AvgIpc) is 3.29. The lowest BCUT2D eigenvalue weighted by Gasteiger charge is -2.09. The molecule has 5 rings (SSSR count). The van der Waals surface area contributed by atoms with E-state index in [2.05, 4.69) is 33.4 Å². The molecule has 8 nitrogen and oxygen atoms in total. The topological polar surface area (TPSA) is 90.0 Å². The van der Waals surface area contributed by atoms with Gasteiger partial charge in [-0.25, -0.2) is 9.20 Å². The summed E-state index contributed by atoms with van der Waals surface area (Å²) in [5, 5.41) is 8.78. The van der Waals surface area contributed by atoms with Crippen LogP contribution in [0, 0.1) is 13.8 Å². The number of nitrogens with zero attached hydrogens (tertiary/aromatic N) is 5. The fourth-order valence-electron chi connectivity index (χ4n) is 3.91. The number of imidazole rings is 1. The van der Waals surface area contributed by atoms with Crippen LogP contribution in [0.15, 0.2) is 58.1 Å². The summed E-state index contributed by atoms with van der Waals surface area (Å²) in [6.07, 6.45) is 0. The van der Waals surface area contributed by atoms with Gasteiger partial charge in [0.15, 0.2) is 17.0 Å². The molecule has 0 bridgehead atoms. The number of benzene rings is 2. The van der Waals surface area contributed by atoms with E-state index in [1.165, 1.54) is 4.57 Å². The summed E-state index contributed by atoms with van der Waals surface area (Å²) in [6, 6.07) is 15.8. The molecule has 0 radical (unpaired) electrons. The van der Waals surface area contributed by atoms with E-state index in [1.54, 1.807) is 11.4 Å². The largest absolute Gasteiger partial charge is 0.329 e. The number of aromatic amines is 1. The third-order valence-electron chi connectivity index (χ3n) is 5.50. The molecular weight excluding hydrogens is 380 g/mol. The Labute approximate surface area is 171 Å². The summed E-state index contributed by atoms with van der Waals surface area (Å²) in [4.78, 5) is 27.7. The van der Waals surface area contributed by atoms with Gasteiger partial charge >= 0.3 is 5.69 Å². The van der Waals surface area contributed by atoms with Crippen molar-refractivity contribution in [2.24, 2.45) is 7.05 Å². The molecule has 0 fully saturated rings. The van der Waals surface area contributed by atoms with Gasteiger partial charge in [0.05, 0.1) is 6.54 Å². The van der Waals surface area contributed by atoms with Gasteiger partial charge < -0.3 is 0 Å². The number of nitrogens with one attached hydrogen (secondary N) is 1. The Kier molecular flexibility index (Phi) is 3.95. The van der Waals surface area contributed by atoms with Crippen molar-refractivity contribution in [3.63, 3.8) is 0 Å². The molecule has 3 heterocycles. The van der Waals surface area contributed by atoms with Crippen LogP contribution >= 0.6 is 0 Å². The van der Waals surface area contributed by atoms with Crippen LogP contribution in [0.3, 0.4) is 0 Å². The molecule has 30 heavy (non-hydrogen) atoms. The van der Waals surface area contributed by atoms with Crippen molar-refractivity contribution < 1.29 is 0 Å². The summed E-state index contributed by atoms with van der Waals surface area (Å²) >= 11 is 0. The smallest absolute Gasteiger partial charge is 0.298 e. The van der Waals surface area contributed by atoms with Crippen LogP contribution in [0.1, 0.15) is 16.7 Å². The Hall–Kier alpha value is -3.94. The molecule has 0 aliphatic rings. The summed E-state index contributed by atoms with van der Waals surface area (Å²) in [5.41, 5.74) is 4.11.